The number of aromatic nitrogens is 1. The van der Waals surface area contributed by atoms with Crippen molar-refractivity contribution in [3.05, 3.63) is 22.8 Å². The van der Waals surface area contributed by atoms with Gasteiger partial charge >= 0.3 is 0 Å². The lowest BCUT2D eigenvalue weighted by Gasteiger charge is -2.08. The van der Waals surface area contributed by atoms with Crippen LogP contribution < -0.4 is 10.1 Å². The van der Waals surface area contributed by atoms with Gasteiger partial charge in [-0.25, -0.2) is 4.98 Å². The van der Waals surface area contributed by atoms with Gasteiger partial charge in [-0.2, -0.15) is 0 Å². The molecule has 0 amide bonds. The van der Waals surface area contributed by atoms with Gasteiger partial charge in [-0.1, -0.05) is 18.5 Å². The van der Waals surface area contributed by atoms with E-state index in [2.05, 4.69) is 17.2 Å². The zero-order valence-electron chi connectivity index (χ0n) is 10.3. The van der Waals surface area contributed by atoms with E-state index in [1.165, 1.54) is 0 Å². The molecule has 0 aliphatic rings. The van der Waals surface area contributed by atoms with Crippen molar-refractivity contribution in [1.82, 2.24) is 10.3 Å². The third-order valence-corrected chi connectivity index (χ3v) is 2.44. The second-order valence-corrected chi connectivity index (χ2v) is 4.01. The van der Waals surface area contributed by atoms with E-state index in [9.17, 15) is 0 Å². The highest BCUT2D eigenvalue weighted by Gasteiger charge is 2.03. The summed E-state index contributed by atoms with van der Waals surface area (Å²) in [6.45, 7) is 4.63. The molecule has 0 spiro atoms. The summed E-state index contributed by atoms with van der Waals surface area (Å²) in [5, 5.41) is 3.69. The zero-order chi connectivity index (χ0) is 12.5. The molecule has 0 fully saturated rings. The van der Waals surface area contributed by atoms with E-state index in [0.29, 0.717) is 30.7 Å². The van der Waals surface area contributed by atoms with Gasteiger partial charge < -0.3 is 14.8 Å². The Bertz CT molecular complexity index is 334. The maximum Gasteiger partial charge on any atom is 0.213 e. The first kappa shape index (κ1) is 14.2. The maximum absolute atomic E-state index is 5.99. The Hall–Kier alpha value is -0.840. The van der Waals surface area contributed by atoms with Crippen LogP contribution in [-0.2, 0) is 11.3 Å². The second kappa shape index (κ2) is 8.28. The molecular weight excluding hydrogens is 240 g/mol. The summed E-state index contributed by atoms with van der Waals surface area (Å²) >= 11 is 5.99. The van der Waals surface area contributed by atoms with E-state index in [4.69, 9.17) is 21.1 Å². The first-order valence-corrected chi connectivity index (χ1v) is 6.15. The van der Waals surface area contributed by atoms with Gasteiger partial charge in [0.2, 0.25) is 5.88 Å². The van der Waals surface area contributed by atoms with Gasteiger partial charge in [-0.05, 0) is 19.0 Å². The average molecular weight is 259 g/mol. The van der Waals surface area contributed by atoms with Crippen LogP contribution >= 0.6 is 11.6 Å². The molecule has 0 radical (unpaired) electrons. The molecule has 17 heavy (non-hydrogen) atoms. The summed E-state index contributed by atoms with van der Waals surface area (Å²) in [6, 6.07) is 1.85. The van der Waals surface area contributed by atoms with Gasteiger partial charge in [0.1, 0.15) is 6.61 Å². The monoisotopic (exact) mass is 258 g/mol. The molecule has 1 aromatic rings. The van der Waals surface area contributed by atoms with Crippen LogP contribution in [0.25, 0.3) is 0 Å². The smallest absolute Gasteiger partial charge is 0.213 e. The molecule has 0 aromatic carbocycles. The van der Waals surface area contributed by atoms with Gasteiger partial charge in [0.15, 0.2) is 0 Å². The molecule has 1 N–H and O–H groups in total. The lowest BCUT2D eigenvalue weighted by molar-refractivity contribution is 0.0990. The van der Waals surface area contributed by atoms with Crippen LogP contribution in [0.2, 0.25) is 5.02 Å². The summed E-state index contributed by atoms with van der Waals surface area (Å²) in [5.41, 5.74) is 0.980. The molecule has 96 valence electrons. The van der Waals surface area contributed by atoms with Crippen LogP contribution in [0.1, 0.15) is 18.9 Å². The fraction of sp³-hybridized carbons (Fsp3) is 0.583. The van der Waals surface area contributed by atoms with Gasteiger partial charge in [-0.15, -0.1) is 0 Å². The number of nitrogens with one attached hydrogen (secondary N) is 1. The number of hydrogen-bond acceptors (Lipinski definition) is 4. The van der Waals surface area contributed by atoms with Crippen molar-refractivity contribution >= 4 is 11.6 Å². The van der Waals surface area contributed by atoms with Crippen molar-refractivity contribution in [3.63, 3.8) is 0 Å². The zero-order valence-corrected chi connectivity index (χ0v) is 11.1. The van der Waals surface area contributed by atoms with Crippen molar-refractivity contribution < 1.29 is 9.47 Å². The molecule has 0 atom stereocenters. The number of hydrogen-bond donors (Lipinski definition) is 1. The normalized spacial score (nSPS) is 10.5. The Labute approximate surface area is 107 Å². The number of nitrogens with zero attached hydrogens (tertiary/aromatic N) is 1. The lowest BCUT2D eigenvalue weighted by Crippen LogP contribution is -2.09. The van der Waals surface area contributed by atoms with E-state index >= 15 is 0 Å². The third-order valence-electron chi connectivity index (χ3n) is 2.10. The van der Waals surface area contributed by atoms with Crippen LogP contribution in [-0.4, -0.2) is 31.9 Å². The van der Waals surface area contributed by atoms with Crippen LogP contribution in [0.4, 0.5) is 0 Å². The summed E-state index contributed by atoms with van der Waals surface area (Å²) in [5.74, 6) is 0.583. The van der Waals surface area contributed by atoms with Crippen LogP contribution in [0.5, 0.6) is 5.88 Å². The van der Waals surface area contributed by atoms with Crippen molar-refractivity contribution in [1.29, 1.82) is 0 Å². The molecule has 1 rings (SSSR count). The van der Waals surface area contributed by atoms with Crippen LogP contribution in [0.3, 0.4) is 0 Å². The largest absolute Gasteiger partial charge is 0.475 e. The average Bonchev–Trinajstić information content (AvgIpc) is 2.33. The van der Waals surface area contributed by atoms with Gasteiger partial charge in [-0.3, -0.25) is 0 Å². The fourth-order valence-corrected chi connectivity index (χ4v) is 1.49. The molecule has 1 heterocycles. The molecule has 0 aliphatic heterocycles. The summed E-state index contributed by atoms with van der Waals surface area (Å²) in [7, 11) is 1.87. The standard InChI is InChI=1S/C12H19ClN2O2/c1-3-4-16-5-6-17-12-7-10(8-14-2)11(13)9-15-12/h7,9,14H,3-6,8H2,1-2H3. The van der Waals surface area contributed by atoms with Gasteiger partial charge in [0, 0.05) is 25.4 Å². The summed E-state index contributed by atoms with van der Waals surface area (Å²) < 4.78 is 10.8. The predicted molar refractivity (Wildman–Crippen MR) is 68.6 cm³/mol. The Morgan fingerprint density at radius 3 is 2.88 bits per heavy atom. The fourth-order valence-electron chi connectivity index (χ4n) is 1.31. The van der Waals surface area contributed by atoms with Crippen molar-refractivity contribution in [2.45, 2.75) is 19.9 Å². The summed E-state index contributed by atoms with van der Waals surface area (Å²) in [4.78, 5) is 4.10. The number of halogens is 1. The van der Waals surface area contributed by atoms with Crippen molar-refractivity contribution in [2.24, 2.45) is 0 Å². The van der Waals surface area contributed by atoms with Gasteiger partial charge in [0.25, 0.3) is 0 Å². The van der Waals surface area contributed by atoms with E-state index < -0.39 is 0 Å². The van der Waals surface area contributed by atoms with Crippen molar-refractivity contribution in [2.75, 3.05) is 26.9 Å². The molecule has 0 bridgehead atoms. The first-order chi connectivity index (χ1) is 8.27. The Kier molecular flexibility index (Phi) is 6.93. The third kappa shape index (κ3) is 5.35. The van der Waals surface area contributed by atoms with E-state index in [-0.39, 0.29) is 0 Å². The molecule has 5 heteroatoms. The molecule has 0 saturated carbocycles. The van der Waals surface area contributed by atoms with E-state index in [1.54, 1.807) is 6.20 Å². The minimum atomic E-state index is 0.508. The number of rotatable bonds is 8. The van der Waals surface area contributed by atoms with Crippen molar-refractivity contribution in [3.8, 4) is 5.88 Å². The molecule has 1 aromatic heterocycles. The first-order valence-electron chi connectivity index (χ1n) is 5.77. The number of pyridine rings is 1. The number of ether oxygens (including phenoxy) is 2. The highest BCUT2D eigenvalue weighted by atomic mass is 35.5. The Morgan fingerprint density at radius 1 is 1.35 bits per heavy atom. The SMILES string of the molecule is CCCOCCOc1cc(CNC)c(Cl)cn1. The Balaban J connectivity index is 2.40. The molecule has 4 nitrogen and oxygen atoms in total. The minimum absolute atomic E-state index is 0.508. The van der Waals surface area contributed by atoms with Gasteiger partial charge in [0.05, 0.1) is 11.6 Å². The topological polar surface area (TPSA) is 43.4 Å². The maximum atomic E-state index is 5.99. The quantitative estimate of drug-likeness (QED) is 0.727. The van der Waals surface area contributed by atoms with Crippen LogP contribution in [0, 0.1) is 0 Å². The minimum Gasteiger partial charge on any atom is -0.475 e. The van der Waals surface area contributed by atoms with Crippen LogP contribution in [0.15, 0.2) is 12.3 Å². The second-order valence-electron chi connectivity index (χ2n) is 3.61. The van der Waals surface area contributed by atoms with E-state index in [1.807, 2.05) is 13.1 Å². The molecule has 0 aliphatic carbocycles. The highest BCUT2D eigenvalue weighted by molar-refractivity contribution is 6.31. The van der Waals surface area contributed by atoms with E-state index in [0.717, 1.165) is 18.6 Å². The predicted octanol–water partition coefficient (Wildman–Crippen LogP) is 2.26. The Morgan fingerprint density at radius 2 is 2.18 bits per heavy atom. The lowest BCUT2D eigenvalue weighted by atomic mass is 10.2. The molecule has 0 saturated heterocycles. The molecule has 0 unspecified atom stereocenters. The summed E-state index contributed by atoms with van der Waals surface area (Å²) in [6.07, 6.45) is 2.63. The molecular formula is C12H19ClN2O2. The highest BCUT2D eigenvalue weighted by Crippen LogP contribution is 2.18.